The third-order valence-electron chi connectivity index (χ3n) is 4.25. The van der Waals surface area contributed by atoms with E-state index < -0.39 is 11.9 Å². The van der Waals surface area contributed by atoms with Crippen LogP contribution in [0.25, 0.3) is 11.0 Å². The molecule has 0 aliphatic heterocycles. The van der Waals surface area contributed by atoms with Crippen LogP contribution in [-0.2, 0) is 20.5 Å². The van der Waals surface area contributed by atoms with Gasteiger partial charge in [0.25, 0.3) is 5.91 Å². The molecule has 3 rings (SSSR count). The van der Waals surface area contributed by atoms with Crippen molar-refractivity contribution in [1.82, 2.24) is 24.4 Å². The number of carbonyl (C=O) groups excluding carboxylic acids is 1. The van der Waals surface area contributed by atoms with Gasteiger partial charge in [-0.3, -0.25) is 4.79 Å². The summed E-state index contributed by atoms with van der Waals surface area (Å²) in [7, 11) is 3.55. The van der Waals surface area contributed by atoms with Gasteiger partial charge in [-0.25, -0.2) is 14.8 Å². The molecule has 2 aromatic heterocycles. The second kappa shape index (κ2) is 6.39. The molecule has 1 aromatic carbocycles. The summed E-state index contributed by atoms with van der Waals surface area (Å²) in [6.07, 6.45) is 0.538. The average molecular weight is 341 g/mol. The topological polar surface area (TPSA) is 102 Å². The van der Waals surface area contributed by atoms with Crippen LogP contribution >= 0.6 is 0 Å². The smallest absolute Gasteiger partial charge is 0.356 e. The Labute approximate surface area is 144 Å². The summed E-state index contributed by atoms with van der Waals surface area (Å²) in [4.78, 5) is 32.1. The molecule has 0 aliphatic rings. The largest absolute Gasteiger partial charge is 0.476 e. The highest BCUT2D eigenvalue weighted by molar-refractivity contribution is 6.02. The molecule has 0 radical (unpaired) electrons. The Morgan fingerprint density at radius 1 is 1.16 bits per heavy atom. The van der Waals surface area contributed by atoms with E-state index in [-0.39, 0.29) is 11.4 Å². The molecule has 1 amide bonds. The Balaban J connectivity index is 1.73. The van der Waals surface area contributed by atoms with Crippen molar-refractivity contribution in [2.45, 2.75) is 13.3 Å². The fraction of sp³-hybridized carbons (Fsp3) is 0.294. The van der Waals surface area contributed by atoms with E-state index >= 15 is 0 Å². The van der Waals surface area contributed by atoms with Crippen LogP contribution in [0.15, 0.2) is 24.3 Å². The van der Waals surface area contributed by atoms with Crippen LogP contribution < -0.4 is 5.32 Å². The highest BCUT2D eigenvalue weighted by Crippen LogP contribution is 2.14. The van der Waals surface area contributed by atoms with Gasteiger partial charge in [0.15, 0.2) is 5.69 Å². The Kier molecular flexibility index (Phi) is 4.26. The molecule has 0 saturated carbocycles. The second-order valence-electron chi connectivity index (χ2n) is 5.80. The van der Waals surface area contributed by atoms with Crippen molar-refractivity contribution >= 4 is 22.9 Å². The van der Waals surface area contributed by atoms with Crippen LogP contribution in [0, 0.1) is 6.92 Å². The Hall–Kier alpha value is -3.16. The van der Waals surface area contributed by atoms with E-state index in [1.807, 2.05) is 35.9 Å². The highest BCUT2D eigenvalue weighted by atomic mass is 16.4. The number of aromatic carboxylic acids is 1. The number of rotatable bonds is 5. The van der Waals surface area contributed by atoms with E-state index in [9.17, 15) is 14.7 Å². The predicted molar refractivity (Wildman–Crippen MR) is 91.7 cm³/mol. The van der Waals surface area contributed by atoms with Gasteiger partial charge in [0.1, 0.15) is 17.3 Å². The van der Waals surface area contributed by atoms with Gasteiger partial charge in [-0.1, -0.05) is 12.1 Å². The number of nitrogens with zero attached hydrogens (tertiary/aromatic N) is 4. The third kappa shape index (κ3) is 2.98. The molecule has 0 fully saturated rings. The van der Waals surface area contributed by atoms with Crippen LogP contribution in [0.3, 0.4) is 0 Å². The SMILES string of the molecule is Cc1nc(C(=O)O)c(C(=O)NCCc2nc3ccccc3n2C)n1C. The number of carboxylic acid groups (broad SMARTS) is 1. The van der Waals surface area contributed by atoms with Crippen LogP contribution in [-0.4, -0.2) is 42.6 Å². The second-order valence-corrected chi connectivity index (χ2v) is 5.80. The van der Waals surface area contributed by atoms with Gasteiger partial charge in [-0.15, -0.1) is 0 Å². The average Bonchev–Trinajstić information content (AvgIpc) is 3.06. The number of fused-ring (bicyclic) bond motifs is 1. The minimum atomic E-state index is -1.22. The van der Waals surface area contributed by atoms with Crippen LogP contribution in [0.1, 0.15) is 32.6 Å². The van der Waals surface area contributed by atoms with Crippen molar-refractivity contribution in [2.24, 2.45) is 14.1 Å². The molecule has 8 nitrogen and oxygen atoms in total. The summed E-state index contributed by atoms with van der Waals surface area (Å²) in [6.45, 7) is 2.00. The maximum absolute atomic E-state index is 12.4. The standard InChI is InChI=1S/C17H19N5O3/c1-10-19-14(17(24)25)15(21(10)2)16(23)18-9-8-13-20-11-6-4-5-7-12(11)22(13)3/h4-7H,8-9H2,1-3H3,(H,18,23)(H,24,25). The molecular weight excluding hydrogens is 322 g/mol. The number of para-hydroxylation sites is 2. The van der Waals surface area contributed by atoms with E-state index in [1.54, 1.807) is 14.0 Å². The van der Waals surface area contributed by atoms with Crippen molar-refractivity contribution in [3.8, 4) is 0 Å². The number of amides is 1. The van der Waals surface area contributed by atoms with Gasteiger partial charge in [-0.2, -0.15) is 0 Å². The lowest BCUT2D eigenvalue weighted by Crippen LogP contribution is -2.29. The minimum Gasteiger partial charge on any atom is -0.476 e. The molecule has 0 saturated heterocycles. The third-order valence-corrected chi connectivity index (χ3v) is 4.25. The first kappa shape index (κ1) is 16.7. The predicted octanol–water partition coefficient (Wildman–Crippen LogP) is 1.29. The minimum absolute atomic E-state index is 0.0509. The van der Waals surface area contributed by atoms with Crippen LogP contribution in [0.2, 0.25) is 0 Å². The summed E-state index contributed by atoms with van der Waals surface area (Å²) in [5, 5.41) is 12.0. The fourth-order valence-corrected chi connectivity index (χ4v) is 2.81. The number of aryl methyl sites for hydroxylation is 2. The maximum atomic E-state index is 12.4. The zero-order valence-corrected chi connectivity index (χ0v) is 14.3. The fourth-order valence-electron chi connectivity index (χ4n) is 2.81. The molecule has 0 atom stereocenters. The Morgan fingerprint density at radius 3 is 2.56 bits per heavy atom. The number of hydrogen-bond donors (Lipinski definition) is 2. The Bertz CT molecular complexity index is 970. The molecule has 3 aromatic rings. The van der Waals surface area contributed by atoms with Crippen molar-refractivity contribution in [3.05, 3.63) is 47.3 Å². The van der Waals surface area contributed by atoms with Crippen molar-refractivity contribution in [1.29, 1.82) is 0 Å². The van der Waals surface area contributed by atoms with E-state index in [0.717, 1.165) is 16.9 Å². The lowest BCUT2D eigenvalue weighted by Gasteiger charge is -2.07. The number of aromatic nitrogens is 4. The van der Waals surface area contributed by atoms with E-state index in [2.05, 4.69) is 15.3 Å². The van der Waals surface area contributed by atoms with Crippen LogP contribution in [0.4, 0.5) is 0 Å². The zero-order chi connectivity index (χ0) is 18.1. The quantitative estimate of drug-likeness (QED) is 0.728. The van der Waals surface area contributed by atoms with Crippen molar-refractivity contribution in [2.75, 3.05) is 6.54 Å². The molecule has 25 heavy (non-hydrogen) atoms. The van der Waals surface area contributed by atoms with Gasteiger partial charge >= 0.3 is 5.97 Å². The lowest BCUT2D eigenvalue weighted by molar-refractivity contribution is 0.0684. The number of hydrogen-bond acceptors (Lipinski definition) is 4. The Morgan fingerprint density at radius 2 is 1.88 bits per heavy atom. The molecule has 0 aliphatic carbocycles. The normalized spacial score (nSPS) is 11.0. The molecule has 2 heterocycles. The first-order chi connectivity index (χ1) is 11.9. The van der Waals surface area contributed by atoms with Crippen molar-refractivity contribution in [3.63, 3.8) is 0 Å². The van der Waals surface area contributed by atoms with Crippen molar-refractivity contribution < 1.29 is 14.7 Å². The first-order valence-corrected chi connectivity index (χ1v) is 7.85. The molecule has 8 heteroatoms. The molecule has 0 unspecified atom stereocenters. The monoisotopic (exact) mass is 341 g/mol. The molecular formula is C17H19N5O3. The molecule has 130 valence electrons. The van der Waals surface area contributed by atoms with Gasteiger partial charge < -0.3 is 19.6 Å². The maximum Gasteiger partial charge on any atom is 0.356 e. The zero-order valence-electron chi connectivity index (χ0n) is 14.3. The van der Waals surface area contributed by atoms with Gasteiger partial charge in [-0.05, 0) is 19.1 Å². The molecule has 0 bridgehead atoms. The summed E-state index contributed by atoms with van der Waals surface area (Å²) in [6, 6.07) is 7.81. The van der Waals surface area contributed by atoms with E-state index in [1.165, 1.54) is 4.57 Å². The van der Waals surface area contributed by atoms with Gasteiger partial charge in [0.2, 0.25) is 0 Å². The van der Waals surface area contributed by atoms with Crippen LogP contribution in [0.5, 0.6) is 0 Å². The summed E-state index contributed by atoms with van der Waals surface area (Å²) < 4.78 is 3.46. The van der Waals surface area contributed by atoms with E-state index in [4.69, 9.17) is 0 Å². The number of benzene rings is 1. The van der Waals surface area contributed by atoms with Gasteiger partial charge in [0, 0.05) is 27.1 Å². The molecule has 0 spiro atoms. The number of carboxylic acids is 1. The lowest BCUT2D eigenvalue weighted by atomic mass is 10.3. The first-order valence-electron chi connectivity index (χ1n) is 7.85. The number of carbonyl (C=O) groups is 2. The number of imidazole rings is 2. The van der Waals surface area contributed by atoms with Gasteiger partial charge in [0.05, 0.1) is 11.0 Å². The summed E-state index contributed by atoms with van der Waals surface area (Å²) in [5.41, 5.74) is 1.75. The number of nitrogens with one attached hydrogen (secondary N) is 1. The summed E-state index contributed by atoms with van der Waals surface area (Å²) in [5.74, 6) is -0.359. The molecule has 2 N–H and O–H groups in total. The summed E-state index contributed by atoms with van der Waals surface area (Å²) >= 11 is 0. The highest BCUT2D eigenvalue weighted by Gasteiger charge is 2.24. The van der Waals surface area contributed by atoms with E-state index in [0.29, 0.717) is 18.8 Å².